The topological polar surface area (TPSA) is 4.93 Å². The maximum atomic E-state index is 15.3. The molecule has 1 heterocycles. The molecule has 2 aromatic rings. The number of allylic oxidation sites excluding steroid dienone is 4. The standard InChI is InChI=1S/C27H35F2N.C2H6.C2H4/c1-16(2)25-21(11-12-27(6)14-17(3)15-27)24-18(4)7-9-23(29)26(24)30(25)20-8-10-22(28)19(5)13-20;2*1-2/h7-10,13,16-17,19,22H,11-12,14-15H2,1-6H3;1-2H3;1-2H2. The lowest BCUT2D eigenvalue weighted by atomic mass is 9.61. The first-order valence-corrected chi connectivity index (χ1v) is 13.0. The summed E-state index contributed by atoms with van der Waals surface area (Å²) in [5, 5.41) is 1.05. The zero-order valence-corrected chi connectivity index (χ0v) is 22.6. The lowest BCUT2D eigenvalue weighted by Crippen LogP contribution is -2.33. The third-order valence-corrected chi connectivity index (χ3v) is 7.27. The number of fused-ring (bicyclic) bond motifs is 1. The second kappa shape index (κ2) is 11.5. The largest absolute Gasteiger partial charge is 0.311 e. The molecule has 1 fully saturated rings. The maximum Gasteiger partial charge on any atom is 0.147 e. The summed E-state index contributed by atoms with van der Waals surface area (Å²) in [7, 11) is 0. The van der Waals surface area contributed by atoms with Gasteiger partial charge in [0.05, 0.1) is 5.52 Å². The number of aromatic nitrogens is 1. The Labute approximate surface area is 206 Å². The predicted molar refractivity (Wildman–Crippen MR) is 146 cm³/mol. The highest BCUT2D eigenvalue weighted by Crippen LogP contribution is 2.49. The molecule has 1 aromatic heterocycles. The maximum absolute atomic E-state index is 15.3. The van der Waals surface area contributed by atoms with Crippen molar-refractivity contribution >= 4 is 16.6 Å². The van der Waals surface area contributed by atoms with Crippen LogP contribution in [0.25, 0.3) is 16.6 Å². The molecule has 0 saturated heterocycles. The first-order valence-electron chi connectivity index (χ1n) is 13.0. The van der Waals surface area contributed by atoms with E-state index in [1.165, 1.54) is 24.1 Å². The Kier molecular flexibility index (Phi) is 9.51. The fourth-order valence-electron chi connectivity index (χ4n) is 5.96. The number of aryl methyl sites for hydroxylation is 2. The molecule has 4 rings (SSSR count). The van der Waals surface area contributed by atoms with Crippen molar-refractivity contribution in [3.05, 3.63) is 66.2 Å². The minimum Gasteiger partial charge on any atom is -0.311 e. The number of hydrogen-bond donors (Lipinski definition) is 0. The van der Waals surface area contributed by atoms with Gasteiger partial charge in [0.15, 0.2) is 0 Å². The number of halogens is 2. The Balaban J connectivity index is 0.000000970. The van der Waals surface area contributed by atoms with Gasteiger partial charge in [0.25, 0.3) is 0 Å². The van der Waals surface area contributed by atoms with E-state index >= 15 is 4.39 Å². The molecular formula is C31H45F2N. The van der Waals surface area contributed by atoms with E-state index in [1.54, 1.807) is 12.1 Å². The van der Waals surface area contributed by atoms with Gasteiger partial charge < -0.3 is 4.57 Å². The summed E-state index contributed by atoms with van der Waals surface area (Å²) in [5.74, 6) is 0.644. The third-order valence-electron chi connectivity index (χ3n) is 7.27. The van der Waals surface area contributed by atoms with Crippen molar-refractivity contribution in [2.45, 2.75) is 93.2 Å². The van der Waals surface area contributed by atoms with Gasteiger partial charge in [-0.3, -0.25) is 0 Å². The van der Waals surface area contributed by atoms with Gasteiger partial charge in [-0.2, -0.15) is 0 Å². The fourth-order valence-corrected chi connectivity index (χ4v) is 5.96. The molecule has 0 N–H and O–H groups in total. The third kappa shape index (κ3) is 5.39. The second-order valence-electron chi connectivity index (χ2n) is 10.5. The normalized spacial score (nSPS) is 25.7. The minimum absolute atomic E-state index is 0.198. The summed E-state index contributed by atoms with van der Waals surface area (Å²) in [6.45, 7) is 23.1. The van der Waals surface area contributed by atoms with Crippen LogP contribution in [0.1, 0.15) is 90.5 Å². The summed E-state index contributed by atoms with van der Waals surface area (Å²) in [5.41, 5.74) is 5.51. The molecular weight excluding hydrogens is 424 g/mol. The van der Waals surface area contributed by atoms with Crippen molar-refractivity contribution in [3.8, 4) is 0 Å². The van der Waals surface area contributed by atoms with E-state index in [2.05, 4.69) is 52.3 Å². The van der Waals surface area contributed by atoms with Crippen molar-refractivity contribution < 1.29 is 8.78 Å². The van der Waals surface area contributed by atoms with Gasteiger partial charge in [-0.1, -0.05) is 60.6 Å². The Bertz CT molecular complexity index is 1030. The van der Waals surface area contributed by atoms with Gasteiger partial charge in [0, 0.05) is 22.7 Å². The van der Waals surface area contributed by atoms with E-state index < -0.39 is 6.17 Å². The first kappa shape index (κ1) is 28.1. The molecule has 0 amide bonds. The average Bonchev–Trinajstić information content (AvgIpc) is 3.15. The molecule has 0 radical (unpaired) electrons. The van der Waals surface area contributed by atoms with Crippen molar-refractivity contribution in [1.29, 1.82) is 0 Å². The Hall–Kier alpha value is -2.16. The predicted octanol–water partition coefficient (Wildman–Crippen LogP) is 9.79. The molecule has 0 bridgehead atoms. The molecule has 1 aromatic carbocycles. The smallest absolute Gasteiger partial charge is 0.147 e. The average molecular weight is 470 g/mol. The van der Waals surface area contributed by atoms with Crippen LogP contribution in [0.15, 0.2) is 43.5 Å². The van der Waals surface area contributed by atoms with Crippen molar-refractivity contribution in [3.63, 3.8) is 0 Å². The highest BCUT2D eigenvalue weighted by molar-refractivity contribution is 5.93. The summed E-state index contributed by atoms with van der Waals surface area (Å²) < 4.78 is 31.5. The summed E-state index contributed by atoms with van der Waals surface area (Å²) in [6.07, 6.45) is 9.06. The van der Waals surface area contributed by atoms with E-state index in [0.717, 1.165) is 35.4 Å². The fraction of sp³-hybridized carbons (Fsp3) is 0.548. The van der Waals surface area contributed by atoms with Crippen LogP contribution in [0.4, 0.5) is 8.78 Å². The van der Waals surface area contributed by atoms with Crippen molar-refractivity contribution in [2.24, 2.45) is 17.3 Å². The quantitative estimate of drug-likeness (QED) is 0.384. The zero-order valence-electron chi connectivity index (χ0n) is 22.6. The van der Waals surface area contributed by atoms with Gasteiger partial charge in [-0.25, -0.2) is 8.78 Å². The van der Waals surface area contributed by atoms with Gasteiger partial charge in [-0.05, 0) is 79.2 Å². The Morgan fingerprint density at radius 3 is 2.29 bits per heavy atom. The van der Waals surface area contributed by atoms with Crippen LogP contribution in [-0.2, 0) is 6.42 Å². The molecule has 2 unspecified atom stereocenters. The summed E-state index contributed by atoms with van der Waals surface area (Å²) >= 11 is 0. The molecule has 0 aliphatic heterocycles. The van der Waals surface area contributed by atoms with Crippen LogP contribution in [0, 0.1) is 30.0 Å². The van der Waals surface area contributed by atoms with E-state index in [4.69, 9.17) is 0 Å². The molecule has 2 atom stereocenters. The molecule has 1 saturated carbocycles. The number of alkyl halides is 1. The van der Waals surface area contributed by atoms with E-state index in [1.807, 2.05) is 39.0 Å². The zero-order chi connectivity index (χ0) is 25.8. The second-order valence-corrected chi connectivity index (χ2v) is 10.5. The van der Waals surface area contributed by atoms with Crippen LogP contribution in [0.3, 0.4) is 0 Å². The van der Waals surface area contributed by atoms with Gasteiger partial charge in [0.2, 0.25) is 0 Å². The van der Waals surface area contributed by atoms with E-state index in [-0.39, 0.29) is 17.7 Å². The number of rotatable bonds is 5. The van der Waals surface area contributed by atoms with Gasteiger partial charge in [-0.15, -0.1) is 13.2 Å². The monoisotopic (exact) mass is 469 g/mol. The molecule has 2 aliphatic carbocycles. The van der Waals surface area contributed by atoms with Gasteiger partial charge >= 0.3 is 0 Å². The first-order chi connectivity index (χ1) is 16.1. The van der Waals surface area contributed by atoms with Crippen LogP contribution < -0.4 is 0 Å². The SMILES string of the molecule is C=C.CC.Cc1ccc(F)c2c1c(CCC1(C)CC(C)C1)c(C(C)C)n2C1=CC(C)C(F)C=C1. The van der Waals surface area contributed by atoms with Crippen molar-refractivity contribution in [1.82, 2.24) is 4.57 Å². The number of nitrogens with zero attached hydrogens (tertiary/aromatic N) is 1. The number of benzene rings is 1. The molecule has 2 aliphatic rings. The summed E-state index contributed by atoms with van der Waals surface area (Å²) in [4.78, 5) is 0. The molecule has 0 spiro atoms. The van der Waals surface area contributed by atoms with E-state index in [0.29, 0.717) is 10.9 Å². The molecule has 34 heavy (non-hydrogen) atoms. The molecule has 188 valence electrons. The van der Waals surface area contributed by atoms with E-state index in [9.17, 15) is 4.39 Å². The van der Waals surface area contributed by atoms with Crippen molar-refractivity contribution in [2.75, 3.05) is 0 Å². The molecule has 1 nitrogen and oxygen atoms in total. The highest BCUT2D eigenvalue weighted by Gasteiger charge is 2.37. The Morgan fingerprint density at radius 2 is 1.76 bits per heavy atom. The highest BCUT2D eigenvalue weighted by atomic mass is 19.1. The lowest BCUT2D eigenvalue weighted by Gasteiger charge is -2.44. The van der Waals surface area contributed by atoms with Crippen LogP contribution in [0.5, 0.6) is 0 Å². The minimum atomic E-state index is -0.982. The van der Waals surface area contributed by atoms with Crippen LogP contribution >= 0.6 is 0 Å². The molecule has 3 heteroatoms. The Morgan fingerprint density at radius 1 is 1.15 bits per heavy atom. The van der Waals surface area contributed by atoms with Crippen LogP contribution in [0.2, 0.25) is 0 Å². The number of hydrogen-bond acceptors (Lipinski definition) is 0. The summed E-state index contributed by atoms with van der Waals surface area (Å²) in [6, 6.07) is 3.47. The van der Waals surface area contributed by atoms with Crippen LogP contribution in [-0.4, -0.2) is 10.7 Å². The lowest BCUT2D eigenvalue weighted by molar-refractivity contribution is 0.0779. The van der Waals surface area contributed by atoms with Gasteiger partial charge in [0.1, 0.15) is 12.0 Å².